The van der Waals surface area contributed by atoms with E-state index in [1.807, 2.05) is 30.3 Å². The zero-order valence-corrected chi connectivity index (χ0v) is 22.0. The molecular formula is C33H17F2N5S. The monoisotopic (exact) mass is 553 g/mol. The van der Waals surface area contributed by atoms with Crippen LogP contribution < -0.4 is 0 Å². The summed E-state index contributed by atoms with van der Waals surface area (Å²) in [7, 11) is 0. The highest BCUT2D eigenvalue weighted by atomic mass is 32.1. The molecule has 0 unspecified atom stereocenters. The van der Waals surface area contributed by atoms with Gasteiger partial charge >= 0.3 is 0 Å². The second-order valence-electron chi connectivity index (χ2n) is 9.34. The van der Waals surface area contributed by atoms with Crippen molar-refractivity contribution in [2.24, 2.45) is 4.40 Å². The van der Waals surface area contributed by atoms with E-state index in [9.17, 15) is 14.0 Å². The molecule has 41 heavy (non-hydrogen) atoms. The van der Waals surface area contributed by atoms with Gasteiger partial charge in [-0.25, -0.2) is 18.2 Å². The summed E-state index contributed by atoms with van der Waals surface area (Å²) in [6, 6.07) is 27.0. The highest BCUT2D eigenvalue weighted by molar-refractivity contribution is 7.79. The molecule has 0 saturated heterocycles. The standard InChI is InChI=1S/C33H17F2N5S/c34-26-13-19(17-37)14-27(35)29(26)21-9-11-22(12-10-21)32-25-15-24(20-7-5-18(16-36)6-8-20)31(38)33(40-41)30(25)23-3-1-2-4-28(23)39-32/h1-15,38,41H. The summed E-state index contributed by atoms with van der Waals surface area (Å²) in [6.07, 6.45) is 1.88. The van der Waals surface area contributed by atoms with E-state index >= 15 is 0 Å². The van der Waals surface area contributed by atoms with Gasteiger partial charge in [-0.05, 0) is 60.3 Å². The van der Waals surface area contributed by atoms with Crippen molar-refractivity contribution in [3.63, 3.8) is 0 Å². The van der Waals surface area contributed by atoms with Gasteiger partial charge in [-0.1, -0.05) is 54.6 Å². The lowest BCUT2D eigenvalue weighted by atomic mass is 9.82. The summed E-state index contributed by atoms with van der Waals surface area (Å²) in [5.74, 6) is -1.64. The smallest absolute Gasteiger partial charge is 0.135 e. The van der Waals surface area contributed by atoms with Crippen LogP contribution in [0.1, 0.15) is 27.8 Å². The van der Waals surface area contributed by atoms with Crippen molar-refractivity contribution >= 4 is 46.8 Å². The first-order valence-corrected chi connectivity index (χ1v) is 12.8. The molecule has 6 rings (SSSR count). The quantitative estimate of drug-likeness (QED) is 0.223. The number of para-hydroxylation sites is 1. The van der Waals surface area contributed by atoms with Gasteiger partial charge in [-0.15, -0.1) is 0 Å². The van der Waals surface area contributed by atoms with Crippen LogP contribution in [-0.4, -0.2) is 16.4 Å². The van der Waals surface area contributed by atoms with Crippen LogP contribution in [-0.2, 0) is 0 Å². The number of rotatable bonds is 3. The lowest BCUT2D eigenvalue weighted by molar-refractivity contribution is 0.589. The van der Waals surface area contributed by atoms with Crippen molar-refractivity contribution in [3.8, 4) is 34.5 Å². The average molecular weight is 554 g/mol. The molecule has 0 bridgehead atoms. The normalized spacial score (nSPS) is 13.4. The van der Waals surface area contributed by atoms with E-state index in [4.69, 9.17) is 15.7 Å². The van der Waals surface area contributed by atoms with Crippen molar-refractivity contribution in [2.45, 2.75) is 0 Å². The summed E-state index contributed by atoms with van der Waals surface area (Å²) >= 11 is 4.23. The molecule has 1 aliphatic rings. The Labute approximate surface area is 239 Å². The van der Waals surface area contributed by atoms with Gasteiger partial charge in [0.25, 0.3) is 0 Å². The van der Waals surface area contributed by atoms with Gasteiger partial charge in [0.2, 0.25) is 0 Å². The molecule has 0 atom stereocenters. The topological polar surface area (TPSA) is 96.7 Å². The molecule has 0 saturated carbocycles. The van der Waals surface area contributed by atoms with Crippen LogP contribution in [0.3, 0.4) is 0 Å². The molecule has 1 heterocycles. The second kappa shape index (κ2) is 10.3. The van der Waals surface area contributed by atoms with E-state index in [1.54, 1.807) is 54.6 Å². The largest absolute Gasteiger partial charge is 0.298 e. The Kier molecular flexibility index (Phi) is 6.47. The number of fused-ring (bicyclic) bond motifs is 3. The minimum absolute atomic E-state index is 0.0931. The molecule has 0 aliphatic heterocycles. The maximum atomic E-state index is 14.7. The van der Waals surface area contributed by atoms with Crippen LogP contribution >= 0.6 is 12.8 Å². The van der Waals surface area contributed by atoms with Gasteiger partial charge in [-0.2, -0.15) is 10.5 Å². The van der Waals surface area contributed by atoms with Crippen LogP contribution in [0.5, 0.6) is 0 Å². The van der Waals surface area contributed by atoms with Gasteiger partial charge in [0.05, 0.1) is 45.8 Å². The van der Waals surface area contributed by atoms with Crippen molar-refractivity contribution in [2.75, 3.05) is 0 Å². The van der Waals surface area contributed by atoms with E-state index in [2.05, 4.69) is 23.3 Å². The first-order valence-electron chi connectivity index (χ1n) is 12.4. The highest BCUT2D eigenvalue weighted by Gasteiger charge is 2.28. The number of allylic oxidation sites excluding steroid dienone is 1. The molecular weight excluding hydrogens is 536 g/mol. The van der Waals surface area contributed by atoms with Crippen LogP contribution in [0, 0.1) is 39.7 Å². The van der Waals surface area contributed by atoms with Gasteiger partial charge in [0.15, 0.2) is 0 Å². The van der Waals surface area contributed by atoms with Crippen molar-refractivity contribution in [3.05, 3.63) is 124 Å². The molecule has 8 heteroatoms. The molecule has 0 fully saturated rings. The summed E-state index contributed by atoms with van der Waals surface area (Å²) in [6.45, 7) is 0. The van der Waals surface area contributed by atoms with Crippen molar-refractivity contribution in [1.29, 1.82) is 15.9 Å². The third kappa shape index (κ3) is 4.37. The minimum Gasteiger partial charge on any atom is -0.298 e. The van der Waals surface area contributed by atoms with Crippen LogP contribution in [0.4, 0.5) is 8.78 Å². The molecule has 1 aliphatic carbocycles. The molecule has 194 valence electrons. The predicted octanol–water partition coefficient (Wildman–Crippen LogP) is 7.80. The number of aromatic nitrogens is 1. The average Bonchev–Trinajstić information content (AvgIpc) is 3.00. The molecule has 5 aromatic rings. The highest BCUT2D eigenvalue weighted by Crippen LogP contribution is 2.39. The Morgan fingerprint density at radius 3 is 2.00 bits per heavy atom. The molecule has 5 nitrogen and oxygen atoms in total. The zero-order valence-electron chi connectivity index (χ0n) is 21.2. The summed E-state index contributed by atoms with van der Waals surface area (Å²) in [5, 5.41) is 28.0. The van der Waals surface area contributed by atoms with E-state index in [-0.39, 0.29) is 16.8 Å². The number of nitrogens with one attached hydrogen (secondary N) is 1. The zero-order chi connectivity index (χ0) is 28.7. The van der Waals surface area contributed by atoms with Crippen LogP contribution in [0.25, 0.3) is 44.9 Å². The Balaban J connectivity index is 1.57. The number of halogens is 2. The van der Waals surface area contributed by atoms with Gasteiger partial charge < -0.3 is 0 Å². The maximum absolute atomic E-state index is 14.7. The summed E-state index contributed by atoms with van der Waals surface area (Å²) in [4.78, 5) is 4.95. The molecule has 1 N–H and O–H groups in total. The number of hydrogen-bond acceptors (Lipinski definition) is 6. The number of hydrogen-bond donors (Lipinski definition) is 2. The number of nitrogens with zero attached hydrogens (tertiary/aromatic N) is 4. The fourth-order valence-corrected chi connectivity index (χ4v) is 5.27. The summed E-state index contributed by atoms with van der Waals surface area (Å²) < 4.78 is 33.6. The molecule has 4 aromatic carbocycles. The third-order valence-corrected chi connectivity index (χ3v) is 7.20. The lowest BCUT2D eigenvalue weighted by Gasteiger charge is -2.23. The number of nitriles is 2. The molecule has 1 aromatic heterocycles. The van der Waals surface area contributed by atoms with Crippen molar-refractivity contribution < 1.29 is 8.78 Å². The van der Waals surface area contributed by atoms with E-state index in [1.165, 1.54) is 0 Å². The van der Waals surface area contributed by atoms with Crippen molar-refractivity contribution in [1.82, 2.24) is 4.98 Å². The van der Waals surface area contributed by atoms with Crippen LogP contribution in [0.15, 0.2) is 89.3 Å². The SMILES string of the molecule is N#Cc1ccc(C2=Cc3c(-c4ccc(-c5c(F)cc(C#N)cc5F)cc4)nc4ccccc4c3C(=NS)C2=N)cc1. The number of pyridine rings is 1. The Morgan fingerprint density at radius 2 is 1.37 bits per heavy atom. The fraction of sp³-hybridized carbons (Fsp3) is 0. The molecule has 0 spiro atoms. The molecule has 0 radical (unpaired) electrons. The van der Waals surface area contributed by atoms with E-state index in [0.29, 0.717) is 44.7 Å². The Hall–Kier alpha value is -5.44. The number of thiol groups is 1. The molecule has 0 amide bonds. The van der Waals surface area contributed by atoms with E-state index in [0.717, 1.165) is 28.6 Å². The Bertz CT molecular complexity index is 2030. The Morgan fingerprint density at radius 1 is 0.756 bits per heavy atom. The first kappa shape index (κ1) is 25.8. The van der Waals surface area contributed by atoms with Gasteiger partial charge in [0, 0.05) is 27.6 Å². The lowest BCUT2D eigenvalue weighted by Crippen LogP contribution is -2.22. The first-order chi connectivity index (χ1) is 19.9. The predicted molar refractivity (Wildman–Crippen MR) is 160 cm³/mol. The van der Waals surface area contributed by atoms with E-state index < -0.39 is 11.6 Å². The summed E-state index contributed by atoms with van der Waals surface area (Å²) in [5.41, 5.74) is 5.78. The van der Waals surface area contributed by atoms with Gasteiger partial charge in [-0.3, -0.25) is 5.41 Å². The number of benzene rings is 4. The fourth-order valence-electron chi connectivity index (χ4n) is 5.07. The maximum Gasteiger partial charge on any atom is 0.135 e. The van der Waals surface area contributed by atoms with Gasteiger partial charge in [0.1, 0.15) is 17.3 Å². The minimum atomic E-state index is -0.821. The third-order valence-electron chi connectivity index (χ3n) is 7.00. The second-order valence-corrected chi connectivity index (χ2v) is 9.54. The van der Waals surface area contributed by atoms with Crippen LogP contribution in [0.2, 0.25) is 0 Å².